The molecule has 0 saturated heterocycles. The molecule has 0 fully saturated rings. The van der Waals surface area contributed by atoms with Gasteiger partial charge in [-0.2, -0.15) is 0 Å². The molecule has 6 nitrogen and oxygen atoms in total. The first kappa shape index (κ1) is 21.3. The van der Waals surface area contributed by atoms with Crippen LogP contribution in [-0.4, -0.2) is 36.0 Å². The highest BCUT2D eigenvalue weighted by molar-refractivity contribution is 7.98. The van der Waals surface area contributed by atoms with Crippen molar-refractivity contribution in [3.63, 3.8) is 0 Å². The fourth-order valence-corrected chi connectivity index (χ4v) is 3.21. The topological polar surface area (TPSA) is 71.3 Å². The van der Waals surface area contributed by atoms with Crippen LogP contribution in [0.25, 0.3) is 0 Å². The molecule has 0 aliphatic rings. The maximum Gasteiger partial charge on any atom is 0.287 e. The van der Waals surface area contributed by atoms with Gasteiger partial charge < -0.3 is 14.6 Å². The van der Waals surface area contributed by atoms with Gasteiger partial charge in [-0.1, -0.05) is 39.5 Å². The number of hydrogen-bond acceptors (Lipinski definition) is 6. The minimum absolute atomic E-state index is 0.173. The summed E-state index contributed by atoms with van der Waals surface area (Å²) < 4.78 is 5.67. The predicted octanol–water partition coefficient (Wildman–Crippen LogP) is 4.16. The molecular weight excluding hydrogens is 360 g/mol. The molecule has 2 aromatic heterocycles. The van der Waals surface area contributed by atoms with E-state index in [4.69, 9.17) is 4.42 Å². The number of aromatic nitrogens is 2. The monoisotopic (exact) mass is 390 g/mol. The Labute approximate surface area is 166 Å². The minimum atomic E-state index is -0.173. The lowest BCUT2D eigenvalue weighted by atomic mass is 10.2. The van der Waals surface area contributed by atoms with Gasteiger partial charge in [-0.15, -0.1) is 0 Å². The molecule has 0 spiro atoms. The normalized spacial score (nSPS) is 11.0. The summed E-state index contributed by atoms with van der Waals surface area (Å²) in [4.78, 5) is 23.5. The van der Waals surface area contributed by atoms with E-state index in [1.807, 2.05) is 19.2 Å². The Morgan fingerprint density at radius 3 is 2.74 bits per heavy atom. The fourth-order valence-electron chi connectivity index (χ4n) is 2.45. The van der Waals surface area contributed by atoms with Crippen molar-refractivity contribution >= 4 is 23.5 Å². The number of carbonyl (C=O) groups is 1. The van der Waals surface area contributed by atoms with Gasteiger partial charge in [0.05, 0.1) is 5.75 Å². The first-order valence-electron chi connectivity index (χ1n) is 9.51. The highest BCUT2D eigenvalue weighted by Crippen LogP contribution is 2.24. The standard InChI is InChI=1S/C20H30N4O2S/c1-6-10-24(5)18-11-15(7-2)22-20(23-18)27-13-16-8-9-17(26-16)19(25)21-12-14(3)4/h8-9,11,14H,6-7,10,12-13H2,1-5H3,(H,21,25). The van der Waals surface area contributed by atoms with E-state index in [-0.39, 0.29) is 5.91 Å². The summed E-state index contributed by atoms with van der Waals surface area (Å²) >= 11 is 1.52. The molecule has 0 aromatic carbocycles. The van der Waals surface area contributed by atoms with Gasteiger partial charge in [0.1, 0.15) is 11.6 Å². The number of nitrogens with zero attached hydrogens (tertiary/aromatic N) is 3. The van der Waals surface area contributed by atoms with Gasteiger partial charge in [-0.05, 0) is 30.9 Å². The van der Waals surface area contributed by atoms with Crippen molar-refractivity contribution in [2.24, 2.45) is 5.92 Å². The van der Waals surface area contributed by atoms with Gasteiger partial charge in [0.2, 0.25) is 0 Å². The Kier molecular flexibility index (Phi) is 8.16. The molecule has 1 amide bonds. The van der Waals surface area contributed by atoms with Crippen LogP contribution in [0.2, 0.25) is 0 Å². The lowest BCUT2D eigenvalue weighted by molar-refractivity contribution is 0.0920. The highest BCUT2D eigenvalue weighted by Gasteiger charge is 2.13. The third kappa shape index (κ3) is 6.57. The number of aryl methyl sites for hydroxylation is 1. The molecule has 1 N–H and O–H groups in total. The van der Waals surface area contributed by atoms with Crippen molar-refractivity contribution < 1.29 is 9.21 Å². The van der Waals surface area contributed by atoms with Crippen LogP contribution in [0.1, 0.15) is 56.1 Å². The maximum atomic E-state index is 12.1. The predicted molar refractivity (Wildman–Crippen MR) is 110 cm³/mol. The molecule has 0 saturated carbocycles. The number of anilines is 1. The second-order valence-electron chi connectivity index (χ2n) is 6.93. The van der Waals surface area contributed by atoms with Gasteiger partial charge in [-0.3, -0.25) is 4.79 Å². The molecule has 0 aliphatic carbocycles. The van der Waals surface area contributed by atoms with E-state index >= 15 is 0 Å². The fraction of sp³-hybridized carbons (Fsp3) is 0.550. The van der Waals surface area contributed by atoms with E-state index in [1.54, 1.807) is 6.07 Å². The first-order chi connectivity index (χ1) is 12.9. The number of furan rings is 1. The first-order valence-corrected chi connectivity index (χ1v) is 10.5. The van der Waals surface area contributed by atoms with Gasteiger partial charge in [-0.25, -0.2) is 9.97 Å². The molecular formula is C20H30N4O2S. The average Bonchev–Trinajstić information content (AvgIpc) is 3.13. The van der Waals surface area contributed by atoms with Gasteiger partial charge in [0.15, 0.2) is 10.9 Å². The quantitative estimate of drug-likeness (QED) is 0.485. The van der Waals surface area contributed by atoms with Gasteiger partial charge >= 0.3 is 0 Å². The summed E-state index contributed by atoms with van der Waals surface area (Å²) in [5.74, 6) is 2.84. The van der Waals surface area contributed by atoms with Crippen LogP contribution in [0.15, 0.2) is 27.8 Å². The summed E-state index contributed by atoms with van der Waals surface area (Å²) in [7, 11) is 2.05. The lowest BCUT2D eigenvalue weighted by Gasteiger charge is -2.18. The van der Waals surface area contributed by atoms with Crippen LogP contribution in [0.4, 0.5) is 5.82 Å². The van der Waals surface area contributed by atoms with Crippen LogP contribution >= 0.6 is 11.8 Å². The molecule has 2 aromatic rings. The third-order valence-corrected chi connectivity index (χ3v) is 4.83. The summed E-state index contributed by atoms with van der Waals surface area (Å²) in [6, 6.07) is 5.60. The van der Waals surface area contributed by atoms with E-state index in [0.29, 0.717) is 24.0 Å². The lowest BCUT2D eigenvalue weighted by Crippen LogP contribution is -2.26. The number of rotatable bonds is 10. The second-order valence-corrected chi connectivity index (χ2v) is 7.88. The molecule has 0 bridgehead atoms. The highest BCUT2D eigenvalue weighted by atomic mass is 32.2. The van der Waals surface area contributed by atoms with Crippen LogP contribution < -0.4 is 10.2 Å². The number of hydrogen-bond donors (Lipinski definition) is 1. The molecule has 7 heteroatoms. The van der Waals surface area contributed by atoms with Crippen LogP contribution in [0, 0.1) is 5.92 Å². The Morgan fingerprint density at radius 1 is 1.30 bits per heavy atom. The molecule has 0 unspecified atom stereocenters. The van der Waals surface area contributed by atoms with E-state index < -0.39 is 0 Å². The Morgan fingerprint density at radius 2 is 2.07 bits per heavy atom. The van der Waals surface area contributed by atoms with Crippen LogP contribution in [-0.2, 0) is 12.2 Å². The zero-order valence-corrected chi connectivity index (χ0v) is 17.7. The van der Waals surface area contributed by atoms with E-state index in [2.05, 4.69) is 47.9 Å². The number of thioether (sulfide) groups is 1. The Balaban J connectivity index is 2.02. The summed E-state index contributed by atoms with van der Waals surface area (Å²) in [5, 5.41) is 3.59. The molecule has 148 valence electrons. The third-order valence-electron chi connectivity index (χ3n) is 3.96. The Bertz CT molecular complexity index is 745. The zero-order chi connectivity index (χ0) is 19.8. The number of amides is 1. The van der Waals surface area contributed by atoms with E-state index in [0.717, 1.165) is 41.8 Å². The molecule has 0 atom stereocenters. The summed E-state index contributed by atoms with van der Waals surface area (Å²) in [6.45, 7) is 9.95. The molecule has 2 rings (SSSR count). The molecule has 0 aliphatic heterocycles. The van der Waals surface area contributed by atoms with Crippen LogP contribution in [0.5, 0.6) is 0 Å². The molecule has 27 heavy (non-hydrogen) atoms. The largest absolute Gasteiger partial charge is 0.455 e. The van der Waals surface area contributed by atoms with Gasteiger partial charge in [0, 0.05) is 31.9 Å². The van der Waals surface area contributed by atoms with Crippen molar-refractivity contribution in [2.45, 2.75) is 51.4 Å². The smallest absolute Gasteiger partial charge is 0.287 e. The number of carbonyl (C=O) groups excluding carboxylic acids is 1. The maximum absolute atomic E-state index is 12.1. The van der Waals surface area contributed by atoms with Crippen molar-refractivity contribution in [1.29, 1.82) is 0 Å². The van der Waals surface area contributed by atoms with E-state index in [9.17, 15) is 4.79 Å². The van der Waals surface area contributed by atoms with Crippen molar-refractivity contribution in [3.8, 4) is 0 Å². The molecule has 0 radical (unpaired) electrons. The van der Waals surface area contributed by atoms with E-state index in [1.165, 1.54) is 11.8 Å². The van der Waals surface area contributed by atoms with Gasteiger partial charge in [0.25, 0.3) is 5.91 Å². The van der Waals surface area contributed by atoms with Crippen molar-refractivity contribution in [2.75, 3.05) is 25.0 Å². The van der Waals surface area contributed by atoms with Crippen molar-refractivity contribution in [1.82, 2.24) is 15.3 Å². The SMILES string of the molecule is CCCN(C)c1cc(CC)nc(SCc2ccc(C(=O)NCC(C)C)o2)n1. The van der Waals surface area contributed by atoms with Crippen LogP contribution in [0.3, 0.4) is 0 Å². The van der Waals surface area contributed by atoms with Crippen molar-refractivity contribution in [3.05, 3.63) is 35.4 Å². The molecule has 2 heterocycles. The summed E-state index contributed by atoms with van der Waals surface area (Å²) in [6.07, 6.45) is 1.93. The second kappa shape index (κ2) is 10.3. The Hall–Kier alpha value is -2.02. The zero-order valence-electron chi connectivity index (χ0n) is 16.9. The number of nitrogens with one attached hydrogen (secondary N) is 1. The summed E-state index contributed by atoms with van der Waals surface area (Å²) in [5.41, 5.74) is 1.03. The average molecular weight is 391 g/mol. The minimum Gasteiger partial charge on any atom is -0.455 e.